The van der Waals surface area contributed by atoms with Gasteiger partial charge in [-0.1, -0.05) is 24.3 Å². The van der Waals surface area contributed by atoms with E-state index in [0.29, 0.717) is 30.5 Å². The summed E-state index contributed by atoms with van der Waals surface area (Å²) in [5.74, 6) is 0.780. The van der Waals surface area contributed by atoms with Gasteiger partial charge in [0.2, 0.25) is 0 Å². The molecule has 4 rings (SSSR count). The number of benzene rings is 1. The molecule has 1 aromatic carbocycles. The lowest BCUT2D eigenvalue weighted by Gasteiger charge is -2.32. The van der Waals surface area contributed by atoms with Gasteiger partial charge in [-0.05, 0) is 48.9 Å². The summed E-state index contributed by atoms with van der Waals surface area (Å²) in [5.41, 5.74) is 1.17. The second-order valence-electron chi connectivity index (χ2n) is 6.78. The first-order valence-electron chi connectivity index (χ1n) is 9.05. The molecule has 0 aliphatic carbocycles. The van der Waals surface area contributed by atoms with Gasteiger partial charge in [0, 0.05) is 13.1 Å². The van der Waals surface area contributed by atoms with Crippen LogP contribution in [0.3, 0.4) is 0 Å². The van der Waals surface area contributed by atoms with E-state index < -0.39 is 0 Å². The van der Waals surface area contributed by atoms with Crippen molar-refractivity contribution < 1.29 is 9.18 Å². The lowest BCUT2D eigenvalue weighted by Crippen LogP contribution is -2.39. The largest absolute Gasteiger partial charge is 0.337 e. The average molecular weight is 365 g/mol. The highest BCUT2D eigenvalue weighted by molar-refractivity contribution is 5.92. The van der Waals surface area contributed by atoms with Crippen LogP contribution >= 0.6 is 0 Å². The third kappa shape index (κ3) is 3.86. The molecule has 0 unspecified atom stereocenters. The molecule has 3 heterocycles. The molecule has 1 fully saturated rings. The molecule has 0 spiro atoms. The minimum Gasteiger partial charge on any atom is -0.337 e. The predicted molar refractivity (Wildman–Crippen MR) is 97.9 cm³/mol. The van der Waals surface area contributed by atoms with Gasteiger partial charge in [0.05, 0.1) is 0 Å². The predicted octanol–water partition coefficient (Wildman–Crippen LogP) is 2.90. The number of halogens is 1. The SMILES string of the molecule is O=C(c1cccc(-n2cnnc2)n1)N1CCC(Cc2ccccc2F)CC1. The molecule has 0 bridgehead atoms. The summed E-state index contributed by atoms with van der Waals surface area (Å²) in [7, 11) is 0. The van der Waals surface area contributed by atoms with Crippen molar-refractivity contribution in [3.8, 4) is 5.82 Å². The van der Waals surface area contributed by atoms with Crippen molar-refractivity contribution in [1.82, 2.24) is 24.6 Å². The van der Waals surface area contributed by atoms with E-state index in [1.807, 2.05) is 17.0 Å². The second-order valence-corrected chi connectivity index (χ2v) is 6.78. The van der Waals surface area contributed by atoms with Crippen molar-refractivity contribution in [2.75, 3.05) is 13.1 Å². The van der Waals surface area contributed by atoms with Gasteiger partial charge in [0.15, 0.2) is 0 Å². The Hall–Kier alpha value is -3.09. The van der Waals surface area contributed by atoms with Crippen LogP contribution in [0.5, 0.6) is 0 Å². The molecule has 1 amide bonds. The number of amides is 1. The Morgan fingerprint density at radius 1 is 1.04 bits per heavy atom. The Bertz CT molecular complexity index is 920. The van der Waals surface area contributed by atoms with Crippen molar-refractivity contribution >= 4 is 5.91 Å². The zero-order valence-corrected chi connectivity index (χ0v) is 14.8. The van der Waals surface area contributed by atoms with Crippen molar-refractivity contribution in [3.63, 3.8) is 0 Å². The Balaban J connectivity index is 1.39. The lowest BCUT2D eigenvalue weighted by atomic mass is 9.90. The second kappa shape index (κ2) is 7.65. The smallest absolute Gasteiger partial charge is 0.272 e. The molecule has 1 saturated heterocycles. The van der Waals surface area contributed by atoms with Crippen LogP contribution in [0, 0.1) is 11.7 Å². The standard InChI is InChI=1S/C20H20FN5O/c21-17-5-2-1-4-16(17)12-15-8-10-25(11-9-15)20(27)18-6-3-7-19(24-18)26-13-22-23-14-26/h1-7,13-15H,8-12H2. The van der Waals surface area contributed by atoms with Crippen molar-refractivity contribution in [3.05, 3.63) is 72.2 Å². The number of carbonyl (C=O) groups excluding carboxylic acids is 1. The van der Waals surface area contributed by atoms with E-state index in [9.17, 15) is 9.18 Å². The summed E-state index contributed by atoms with van der Waals surface area (Å²) in [6, 6.07) is 12.3. The minimum absolute atomic E-state index is 0.0748. The van der Waals surface area contributed by atoms with E-state index in [1.165, 1.54) is 6.07 Å². The molecule has 2 aromatic heterocycles. The molecular weight excluding hydrogens is 345 g/mol. The number of piperidine rings is 1. The molecule has 0 N–H and O–H groups in total. The number of nitrogens with zero attached hydrogens (tertiary/aromatic N) is 5. The summed E-state index contributed by atoms with van der Waals surface area (Å²) < 4.78 is 15.5. The molecule has 6 nitrogen and oxygen atoms in total. The van der Waals surface area contributed by atoms with Crippen LogP contribution in [0.15, 0.2) is 55.1 Å². The highest BCUT2D eigenvalue weighted by Crippen LogP contribution is 2.24. The van der Waals surface area contributed by atoms with Crippen LogP contribution in [-0.4, -0.2) is 43.6 Å². The summed E-state index contributed by atoms with van der Waals surface area (Å²) in [6.45, 7) is 1.33. The quantitative estimate of drug-likeness (QED) is 0.713. The van der Waals surface area contributed by atoms with Gasteiger partial charge in [-0.2, -0.15) is 0 Å². The van der Waals surface area contributed by atoms with Crippen molar-refractivity contribution in [2.24, 2.45) is 5.92 Å². The van der Waals surface area contributed by atoms with Gasteiger partial charge in [-0.15, -0.1) is 10.2 Å². The zero-order valence-electron chi connectivity index (χ0n) is 14.8. The fraction of sp³-hybridized carbons (Fsp3) is 0.300. The number of likely N-dealkylation sites (tertiary alicyclic amines) is 1. The van der Waals surface area contributed by atoms with E-state index in [4.69, 9.17) is 0 Å². The molecule has 1 aliphatic rings. The van der Waals surface area contributed by atoms with Crippen LogP contribution in [0.1, 0.15) is 28.9 Å². The van der Waals surface area contributed by atoms with Gasteiger partial charge >= 0.3 is 0 Å². The molecule has 138 valence electrons. The van der Waals surface area contributed by atoms with Gasteiger partial charge in [0.25, 0.3) is 5.91 Å². The molecule has 0 radical (unpaired) electrons. The molecular formula is C20H20FN5O. The molecule has 27 heavy (non-hydrogen) atoms. The molecule has 7 heteroatoms. The zero-order chi connectivity index (χ0) is 18.6. The summed E-state index contributed by atoms with van der Waals surface area (Å²) in [6.07, 6.45) is 5.54. The monoisotopic (exact) mass is 365 g/mol. The lowest BCUT2D eigenvalue weighted by molar-refractivity contribution is 0.0684. The average Bonchev–Trinajstić information content (AvgIpc) is 3.25. The number of rotatable bonds is 4. The fourth-order valence-corrected chi connectivity index (χ4v) is 3.48. The van der Waals surface area contributed by atoms with Crippen LogP contribution < -0.4 is 0 Å². The first-order valence-corrected chi connectivity index (χ1v) is 9.05. The van der Waals surface area contributed by atoms with Gasteiger partial charge < -0.3 is 4.90 Å². The highest BCUT2D eigenvalue weighted by Gasteiger charge is 2.25. The van der Waals surface area contributed by atoms with Crippen LogP contribution in [0.4, 0.5) is 4.39 Å². The fourth-order valence-electron chi connectivity index (χ4n) is 3.48. The third-order valence-corrected chi connectivity index (χ3v) is 5.00. The van der Waals surface area contributed by atoms with E-state index in [2.05, 4.69) is 15.2 Å². The number of carbonyl (C=O) groups is 1. The summed E-state index contributed by atoms with van der Waals surface area (Å²) in [5, 5.41) is 7.53. The Morgan fingerprint density at radius 2 is 1.78 bits per heavy atom. The van der Waals surface area contributed by atoms with E-state index in [1.54, 1.807) is 41.5 Å². The summed E-state index contributed by atoms with van der Waals surface area (Å²) in [4.78, 5) is 19.1. The van der Waals surface area contributed by atoms with Gasteiger partial charge in [-0.3, -0.25) is 9.36 Å². The van der Waals surface area contributed by atoms with Gasteiger partial charge in [-0.25, -0.2) is 9.37 Å². The summed E-state index contributed by atoms with van der Waals surface area (Å²) >= 11 is 0. The maximum Gasteiger partial charge on any atom is 0.272 e. The minimum atomic E-state index is -0.147. The molecule has 0 saturated carbocycles. The van der Waals surface area contributed by atoms with E-state index in [0.717, 1.165) is 24.8 Å². The topological polar surface area (TPSA) is 63.9 Å². The van der Waals surface area contributed by atoms with Crippen LogP contribution in [0.25, 0.3) is 5.82 Å². The molecule has 0 atom stereocenters. The Kier molecular flexibility index (Phi) is 4.91. The Labute approximate surface area is 156 Å². The number of hydrogen-bond acceptors (Lipinski definition) is 4. The van der Waals surface area contributed by atoms with Crippen LogP contribution in [-0.2, 0) is 6.42 Å². The normalized spacial score (nSPS) is 15.1. The van der Waals surface area contributed by atoms with Gasteiger partial charge in [0.1, 0.15) is 30.0 Å². The maximum absolute atomic E-state index is 13.8. The first kappa shape index (κ1) is 17.3. The third-order valence-electron chi connectivity index (χ3n) is 5.00. The van der Waals surface area contributed by atoms with Crippen molar-refractivity contribution in [1.29, 1.82) is 0 Å². The molecule has 1 aliphatic heterocycles. The highest BCUT2D eigenvalue weighted by atomic mass is 19.1. The number of hydrogen-bond donors (Lipinski definition) is 0. The first-order chi connectivity index (χ1) is 13.2. The van der Waals surface area contributed by atoms with Crippen LogP contribution in [0.2, 0.25) is 0 Å². The molecule has 3 aromatic rings. The number of aromatic nitrogens is 4. The Morgan fingerprint density at radius 3 is 2.52 bits per heavy atom. The maximum atomic E-state index is 13.8. The van der Waals surface area contributed by atoms with E-state index in [-0.39, 0.29) is 11.7 Å². The van der Waals surface area contributed by atoms with Crippen molar-refractivity contribution in [2.45, 2.75) is 19.3 Å². The van der Waals surface area contributed by atoms with E-state index >= 15 is 0 Å². The number of pyridine rings is 1.